The van der Waals surface area contributed by atoms with Gasteiger partial charge in [-0.05, 0) is 39.1 Å². The van der Waals surface area contributed by atoms with Crippen LogP contribution in [0.15, 0.2) is 23.1 Å². The molecule has 1 rings (SSSR count). The van der Waals surface area contributed by atoms with Gasteiger partial charge in [-0.2, -0.15) is 0 Å². The van der Waals surface area contributed by atoms with Gasteiger partial charge in [0.25, 0.3) is 0 Å². The standard InChI is InChI=1S/C13H22N4O3S/c1-4-16-13(18)9-17(5-2)12-7-6-10(8-11(12)14)21(19,20)15-3/h6-8,15H,4-5,9,14H2,1-3H3,(H,16,18). The molecule has 1 aromatic carbocycles. The second-order valence-corrected chi connectivity index (χ2v) is 6.28. The molecule has 0 saturated heterocycles. The number of carbonyl (C=O) groups is 1. The van der Waals surface area contributed by atoms with Gasteiger partial charge in [-0.3, -0.25) is 4.79 Å². The van der Waals surface area contributed by atoms with Gasteiger partial charge in [0, 0.05) is 13.1 Å². The number of nitrogens with zero attached hydrogens (tertiary/aromatic N) is 1. The summed E-state index contributed by atoms with van der Waals surface area (Å²) in [6, 6.07) is 4.47. The molecule has 1 aromatic rings. The minimum atomic E-state index is -3.53. The molecule has 0 aliphatic carbocycles. The van der Waals surface area contributed by atoms with Crippen molar-refractivity contribution in [3.63, 3.8) is 0 Å². The molecule has 4 N–H and O–H groups in total. The highest BCUT2D eigenvalue weighted by Crippen LogP contribution is 2.26. The SMILES string of the molecule is CCNC(=O)CN(CC)c1ccc(S(=O)(=O)NC)cc1N. The molecular weight excluding hydrogens is 292 g/mol. The van der Waals surface area contributed by atoms with Crippen LogP contribution < -0.4 is 20.7 Å². The van der Waals surface area contributed by atoms with Crippen molar-refractivity contribution >= 4 is 27.3 Å². The summed E-state index contributed by atoms with van der Waals surface area (Å²) in [5.74, 6) is -0.106. The van der Waals surface area contributed by atoms with E-state index in [-0.39, 0.29) is 17.3 Å². The summed E-state index contributed by atoms with van der Waals surface area (Å²) in [4.78, 5) is 13.6. The van der Waals surface area contributed by atoms with Gasteiger partial charge < -0.3 is 16.0 Å². The number of anilines is 2. The molecule has 0 unspecified atom stereocenters. The van der Waals surface area contributed by atoms with Gasteiger partial charge in [0.2, 0.25) is 15.9 Å². The van der Waals surface area contributed by atoms with Crippen LogP contribution in [0.1, 0.15) is 13.8 Å². The first-order chi connectivity index (χ1) is 9.85. The molecule has 0 aliphatic heterocycles. The smallest absolute Gasteiger partial charge is 0.240 e. The molecule has 118 valence electrons. The van der Waals surface area contributed by atoms with E-state index in [4.69, 9.17) is 5.73 Å². The van der Waals surface area contributed by atoms with E-state index in [1.54, 1.807) is 11.0 Å². The van der Waals surface area contributed by atoms with E-state index in [0.717, 1.165) is 0 Å². The topological polar surface area (TPSA) is 105 Å². The van der Waals surface area contributed by atoms with Gasteiger partial charge in [0.05, 0.1) is 22.8 Å². The van der Waals surface area contributed by atoms with Gasteiger partial charge in [0.1, 0.15) is 0 Å². The first-order valence-corrected chi connectivity index (χ1v) is 8.18. The Morgan fingerprint density at radius 2 is 2.00 bits per heavy atom. The van der Waals surface area contributed by atoms with Gasteiger partial charge >= 0.3 is 0 Å². The zero-order chi connectivity index (χ0) is 16.0. The maximum absolute atomic E-state index is 11.7. The number of hydrogen-bond acceptors (Lipinski definition) is 5. The van der Waals surface area contributed by atoms with Crippen molar-refractivity contribution < 1.29 is 13.2 Å². The number of nitrogens with two attached hydrogens (primary N) is 1. The summed E-state index contributed by atoms with van der Waals surface area (Å²) < 4.78 is 25.7. The molecular formula is C13H22N4O3S. The molecule has 0 radical (unpaired) electrons. The quantitative estimate of drug-likeness (QED) is 0.621. The molecule has 8 heteroatoms. The summed E-state index contributed by atoms with van der Waals surface area (Å²) in [6.45, 7) is 5.06. The van der Waals surface area contributed by atoms with Crippen LogP contribution >= 0.6 is 0 Å². The fraction of sp³-hybridized carbons (Fsp3) is 0.462. The number of nitrogens with one attached hydrogen (secondary N) is 2. The van der Waals surface area contributed by atoms with E-state index in [0.29, 0.717) is 24.5 Å². The Labute approximate surface area is 125 Å². The highest BCUT2D eigenvalue weighted by molar-refractivity contribution is 7.89. The second-order valence-electron chi connectivity index (χ2n) is 4.40. The largest absolute Gasteiger partial charge is 0.397 e. The summed E-state index contributed by atoms with van der Waals surface area (Å²) in [5, 5.41) is 2.72. The van der Waals surface area contributed by atoms with Crippen molar-refractivity contribution in [3.05, 3.63) is 18.2 Å². The molecule has 21 heavy (non-hydrogen) atoms. The van der Waals surface area contributed by atoms with E-state index in [1.165, 1.54) is 19.2 Å². The number of nitrogen functional groups attached to an aromatic ring is 1. The highest BCUT2D eigenvalue weighted by atomic mass is 32.2. The van der Waals surface area contributed by atoms with Gasteiger partial charge in [-0.15, -0.1) is 0 Å². The van der Waals surface area contributed by atoms with Crippen LogP contribution in [0.2, 0.25) is 0 Å². The lowest BCUT2D eigenvalue weighted by atomic mass is 10.2. The molecule has 0 spiro atoms. The normalized spacial score (nSPS) is 11.2. The fourth-order valence-corrected chi connectivity index (χ4v) is 2.66. The number of benzene rings is 1. The Kier molecular flexibility index (Phi) is 5.98. The molecule has 1 amide bonds. The monoisotopic (exact) mass is 314 g/mol. The number of carbonyl (C=O) groups excluding carboxylic acids is 1. The first kappa shape index (κ1) is 17.3. The second kappa shape index (κ2) is 7.28. The van der Waals surface area contributed by atoms with E-state index in [1.807, 2.05) is 13.8 Å². The van der Waals surface area contributed by atoms with Crippen LogP contribution in [-0.4, -0.2) is 41.0 Å². The molecule has 0 bridgehead atoms. The number of sulfonamides is 1. The zero-order valence-electron chi connectivity index (χ0n) is 12.5. The lowest BCUT2D eigenvalue weighted by Crippen LogP contribution is -2.37. The van der Waals surface area contributed by atoms with Crippen LogP contribution in [-0.2, 0) is 14.8 Å². The summed E-state index contributed by atoms with van der Waals surface area (Å²) in [5.41, 5.74) is 6.89. The summed E-state index contributed by atoms with van der Waals surface area (Å²) in [6.07, 6.45) is 0. The molecule has 0 aliphatic rings. The van der Waals surface area contributed by atoms with E-state index in [9.17, 15) is 13.2 Å². The lowest BCUT2D eigenvalue weighted by molar-refractivity contribution is -0.119. The van der Waals surface area contributed by atoms with Crippen molar-refractivity contribution in [1.29, 1.82) is 0 Å². The van der Waals surface area contributed by atoms with E-state index < -0.39 is 10.0 Å². The Hall–Kier alpha value is -1.80. The number of hydrogen-bond donors (Lipinski definition) is 3. The van der Waals surface area contributed by atoms with E-state index in [2.05, 4.69) is 10.0 Å². The average molecular weight is 314 g/mol. The predicted molar refractivity (Wildman–Crippen MR) is 83.7 cm³/mol. The minimum Gasteiger partial charge on any atom is -0.397 e. The van der Waals surface area contributed by atoms with Crippen molar-refractivity contribution in [1.82, 2.24) is 10.0 Å². The lowest BCUT2D eigenvalue weighted by Gasteiger charge is -2.24. The third-order valence-corrected chi connectivity index (χ3v) is 4.42. The highest BCUT2D eigenvalue weighted by Gasteiger charge is 2.16. The molecule has 7 nitrogen and oxygen atoms in total. The van der Waals surface area contributed by atoms with E-state index >= 15 is 0 Å². The Morgan fingerprint density at radius 3 is 2.48 bits per heavy atom. The number of likely N-dealkylation sites (N-methyl/N-ethyl adjacent to an activating group) is 2. The van der Waals surface area contributed by atoms with Crippen LogP contribution in [0, 0.1) is 0 Å². The third-order valence-electron chi connectivity index (χ3n) is 3.01. The number of rotatable bonds is 7. The minimum absolute atomic E-state index is 0.0975. The third kappa shape index (κ3) is 4.33. The maximum Gasteiger partial charge on any atom is 0.240 e. The summed E-state index contributed by atoms with van der Waals surface area (Å²) >= 11 is 0. The predicted octanol–water partition coefficient (Wildman–Crippen LogP) is 0.139. The fourth-order valence-electron chi connectivity index (χ4n) is 1.90. The van der Waals surface area contributed by atoms with Crippen molar-refractivity contribution in [3.8, 4) is 0 Å². The summed E-state index contributed by atoms with van der Waals surface area (Å²) in [7, 11) is -2.19. The van der Waals surface area contributed by atoms with Crippen LogP contribution in [0.5, 0.6) is 0 Å². The maximum atomic E-state index is 11.7. The van der Waals surface area contributed by atoms with Crippen LogP contribution in [0.3, 0.4) is 0 Å². The zero-order valence-corrected chi connectivity index (χ0v) is 13.3. The van der Waals surface area contributed by atoms with Gasteiger partial charge in [-0.25, -0.2) is 13.1 Å². The van der Waals surface area contributed by atoms with Crippen LogP contribution in [0.25, 0.3) is 0 Å². The average Bonchev–Trinajstić information content (AvgIpc) is 2.45. The Balaban J connectivity index is 3.05. The number of amides is 1. The Bertz CT molecular complexity index is 601. The first-order valence-electron chi connectivity index (χ1n) is 6.70. The molecule has 0 fully saturated rings. The molecule has 0 atom stereocenters. The van der Waals surface area contributed by atoms with Gasteiger partial charge in [0.15, 0.2) is 0 Å². The molecule has 0 heterocycles. The van der Waals surface area contributed by atoms with Crippen molar-refractivity contribution in [2.24, 2.45) is 0 Å². The van der Waals surface area contributed by atoms with Crippen LogP contribution in [0.4, 0.5) is 11.4 Å². The molecule has 0 aromatic heterocycles. The van der Waals surface area contributed by atoms with Gasteiger partial charge in [-0.1, -0.05) is 0 Å². The Morgan fingerprint density at radius 1 is 1.33 bits per heavy atom. The molecule has 0 saturated carbocycles. The van der Waals surface area contributed by atoms with Crippen molar-refractivity contribution in [2.45, 2.75) is 18.7 Å². The van der Waals surface area contributed by atoms with Crippen molar-refractivity contribution in [2.75, 3.05) is 37.3 Å².